The molecule has 0 bridgehead atoms. The molecule has 0 saturated carbocycles. The summed E-state index contributed by atoms with van der Waals surface area (Å²) in [7, 11) is 0. The van der Waals surface area contributed by atoms with E-state index in [4.69, 9.17) is 0 Å². The van der Waals surface area contributed by atoms with Gasteiger partial charge in [-0.3, -0.25) is 4.98 Å². The molecule has 0 aliphatic carbocycles. The highest BCUT2D eigenvalue weighted by molar-refractivity contribution is 5.70. The van der Waals surface area contributed by atoms with Crippen LogP contribution in [0.3, 0.4) is 0 Å². The Morgan fingerprint density at radius 1 is 1.25 bits per heavy atom. The first-order chi connectivity index (χ1) is 5.79. The van der Waals surface area contributed by atoms with Gasteiger partial charge in [0, 0.05) is 24.6 Å². The van der Waals surface area contributed by atoms with Crippen LogP contribution in [0.15, 0.2) is 24.7 Å². The first kappa shape index (κ1) is 7.28. The standard InChI is InChI=1S/C9H11N3/c1-7(2)12-6-3-8-9(12)11-5-4-10-8/h3-7H,1-2H3. The van der Waals surface area contributed by atoms with Crippen molar-refractivity contribution in [2.45, 2.75) is 19.9 Å². The highest BCUT2D eigenvalue weighted by atomic mass is 15.1. The van der Waals surface area contributed by atoms with Gasteiger partial charge in [0.05, 0.1) is 0 Å². The molecule has 12 heavy (non-hydrogen) atoms. The number of hydrogen-bond donors (Lipinski definition) is 0. The van der Waals surface area contributed by atoms with E-state index in [0.717, 1.165) is 11.2 Å². The number of aromatic nitrogens is 3. The normalized spacial score (nSPS) is 11.2. The fourth-order valence-corrected chi connectivity index (χ4v) is 1.30. The molecule has 2 aromatic rings. The summed E-state index contributed by atoms with van der Waals surface area (Å²) in [6.07, 6.45) is 5.46. The molecule has 0 radical (unpaired) electrons. The van der Waals surface area contributed by atoms with Gasteiger partial charge in [-0.2, -0.15) is 0 Å². The average Bonchev–Trinajstić information content (AvgIpc) is 2.47. The first-order valence-electron chi connectivity index (χ1n) is 4.06. The van der Waals surface area contributed by atoms with Crippen LogP contribution in [-0.2, 0) is 0 Å². The fourth-order valence-electron chi connectivity index (χ4n) is 1.30. The van der Waals surface area contributed by atoms with Crippen molar-refractivity contribution >= 4 is 11.2 Å². The fraction of sp³-hybridized carbons (Fsp3) is 0.333. The Morgan fingerprint density at radius 3 is 2.75 bits per heavy atom. The predicted molar refractivity (Wildman–Crippen MR) is 47.9 cm³/mol. The lowest BCUT2D eigenvalue weighted by Crippen LogP contribution is -1.99. The van der Waals surface area contributed by atoms with Crippen LogP contribution in [0.25, 0.3) is 11.2 Å². The zero-order valence-electron chi connectivity index (χ0n) is 7.23. The zero-order chi connectivity index (χ0) is 8.55. The van der Waals surface area contributed by atoms with Crippen LogP contribution in [0.5, 0.6) is 0 Å². The topological polar surface area (TPSA) is 30.7 Å². The third-order valence-electron chi connectivity index (χ3n) is 1.90. The van der Waals surface area contributed by atoms with Gasteiger partial charge in [0.15, 0.2) is 5.65 Å². The monoisotopic (exact) mass is 161 g/mol. The maximum Gasteiger partial charge on any atom is 0.158 e. The van der Waals surface area contributed by atoms with Crippen molar-refractivity contribution in [1.82, 2.24) is 14.5 Å². The molecular weight excluding hydrogens is 150 g/mol. The lowest BCUT2D eigenvalue weighted by Gasteiger charge is -2.06. The zero-order valence-corrected chi connectivity index (χ0v) is 7.23. The van der Waals surface area contributed by atoms with Crippen LogP contribution >= 0.6 is 0 Å². The largest absolute Gasteiger partial charge is 0.329 e. The maximum atomic E-state index is 4.26. The highest BCUT2D eigenvalue weighted by Crippen LogP contribution is 2.14. The molecule has 0 N–H and O–H groups in total. The molecule has 2 rings (SSSR count). The van der Waals surface area contributed by atoms with E-state index in [-0.39, 0.29) is 0 Å². The molecule has 3 nitrogen and oxygen atoms in total. The summed E-state index contributed by atoms with van der Waals surface area (Å²) in [5.41, 5.74) is 1.93. The predicted octanol–water partition coefficient (Wildman–Crippen LogP) is 2.01. The summed E-state index contributed by atoms with van der Waals surface area (Å²) in [4.78, 5) is 8.46. The quantitative estimate of drug-likeness (QED) is 0.640. The van der Waals surface area contributed by atoms with Crippen molar-refractivity contribution < 1.29 is 0 Å². The van der Waals surface area contributed by atoms with Crippen LogP contribution in [0.4, 0.5) is 0 Å². The molecular formula is C9H11N3. The van der Waals surface area contributed by atoms with Gasteiger partial charge in [0.1, 0.15) is 5.52 Å². The van der Waals surface area contributed by atoms with Gasteiger partial charge in [0.25, 0.3) is 0 Å². The Kier molecular flexibility index (Phi) is 1.57. The first-order valence-corrected chi connectivity index (χ1v) is 4.06. The maximum absolute atomic E-state index is 4.26. The van der Waals surface area contributed by atoms with Gasteiger partial charge in [0.2, 0.25) is 0 Å². The second-order valence-electron chi connectivity index (χ2n) is 3.08. The van der Waals surface area contributed by atoms with Crippen molar-refractivity contribution in [3.8, 4) is 0 Å². The molecule has 2 heterocycles. The second kappa shape index (κ2) is 2.59. The molecule has 0 atom stereocenters. The van der Waals surface area contributed by atoms with Crippen molar-refractivity contribution in [2.24, 2.45) is 0 Å². The lowest BCUT2D eigenvalue weighted by atomic mass is 10.4. The Balaban J connectivity index is 2.70. The van der Waals surface area contributed by atoms with E-state index in [1.807, 2.05) is 12.3 Å². The highest BCUT2D eigenvalue weighted by Gasteiger charge is 2.03. The number of fused-ring (bicyclic) bond motifs is 1. The molecule has 0 unspecified atom stereocenters. The summed E-state index contributed by atoms with van der Waals surface area (Å²) in [6, 6.07) is 2.43. The van der Waals surface area contributed by atoms with Gasteiger partial charge in [-0.25, -0.2) is 4.98 Å². The molecule has 0 aliphatic rings. The van der Waals surface area contributed by atoms with Gasteiger partial charge in [-0.15, -0.1) is 0 Å². The third kappa shape index (κ3) is 0.978. The Hall–Kier alpha value is -1.38. The van der Waals surface area contributed by atoms with Crippen LogP contribution in [0.2, 0.25) is 0 Å². The molecule has 0 amide bonds. The van der Waals surface area contributed by atoms with Crippen molar-refractivity contribution in [2.75, 3.05) is 0 Å². The van der Waals surface area contributed by atoms with E-state index in [9.17, 15) is 0 Å². The van der Waals surface area contributed by atoms with E-state index in [0.29, 0.717) is 6.04 Å². The van der Waals surface area contributed by atoms with Crippen LogP contribution in [0.1, 0.15) is 19.9 Å². The summed E-state index contributed by atoms with van der Waals surface area (Å²) < 4.78 is 2.11. The number of hydrogen-bond acceptors (Lipinski definition) is 2. The van der Waals surface area contributed by atoms with E-state index in [1.165, 1.54) is 0 Å². The number of rotatable bonds is 1. The van der Waals surface area contributed by atoms with Gasteiger partial charge < -0.3 is 4.57 Å². The van der Waals surface area contributed by atoms with Gasteiger partial charge in [-0.05, 0) is 19.9 Å². The molecule has 0 aromatic carbocycles. The minimum atomic E-state index is 0.444. The van der Waals surface area contributed by atoms with Crippen molar-refractivity contribution in [1.29, 1.82) is 0 Å². The van der Waals surface area contributed by atoms with Crippen molar-refractivity contribution in [3.05, 3.63) is 24.7 Å². The molecule has 0 fully saturated rings. The van der Waals surface area contributed by atoms with E-state index < -0.39 is 0 Å². The third-order valence-corrected chi connectivity index (χ3v) is 1.90. The van der Waals surface area contributed by atoms with Gasteiger partial charge >= 0.3 is 0 Å². The molecule has 62 valence electrons. The summed E-state index contributed by atoms with van der Waals surface area (Å²) >= 11 is 0. The minimum absolute atomic E-state index is 0.444. The molecule has 0 saturated heterocycles. The van der Waals surface area contributed by atoms with Gasteiger partial charge in [-0.1, -0.05) is 0 Å². The van der Waals surface area contributed by atoms with E-state index in [2.05, 4.69) is 28.4 Å². The van der Waals surface area contributed by atoms with Crippen LogP contribution < -0.4 is 0 Å². The molecule has 2 aromatic heterocycles. The Labute approximate surface area is 71.1 Å². The molecule has 0 aliphatic heterocycles. The molecule has 3 heteroatoms. The number of nitrogens with zero attached hydrogens (tertiary/aromatic N) is 3. The average molecular weight is 161 g/mol. The van der Waals surface area contributed by atoms with Crippen LogP contribution in [0, 0.1) is 0 Å². The summed E-state index contributed by atoms with van der Waals surface area (Å²) in [6.45, 7) is 4.27. The Morgan fingerprint density at radius 2 is 2.00 bits per heavy atom. The Bertz CT molecular complexity index is 389. The summed E-state index contributed by atoms with van der Waals surface area (Å²) in [5.74, 6) is 0. The van der Waals surface area contributed by atoms with E-state index >= 15 is 0 Å². The van der Waals surface area contributed by atoms with E-state index in [1.54, 1.807) is 12.4 Å². The SMILES string of the molecule is CC(C)n1ccc2nccnc21. The minimum Gasteiger partial charge on any atom is -0.329 e. The van der Waals surface area contributed by atoms with Crippen molar-refractivity contribution in [3.63, 3.8) is 0 Å². The smallest absolute Gasteiger partial charge is 0.158 e. The van der Waals surface area contributed by atoms with Crippen LogP contribution in [-0.4, -0.2) is 14.5 Å². The molecule has 0 spiro atoms. The lowest BCUT2D eigenvalue weighted by molar-refractivity contribution is 0.617. The summed E-state index contributed by atoms with van der Waals surface area (Å²) in [5, 5.41) is 0. The second-order valence-corrected chi connectivity index (χ2v) is 3.08.